The van der Waals surface area contributed by atoms with Crippen molar-refractivity contribution >= 4 is 21.9 Å². The van der Waals surface area contributed by atoms with Crippen molar-refractivity contribution in [2.45, 2.75) is 0 Å². The van der Waals surface area contributed by atoms with Crippen molar-refractivity contribution in [3.8, 4) is 73.6 Å². The third-order valence-electron chi connectivity index (χ3n) is 9.22. The number of aromatic nitrogens is 3. The Kier molecular flexibility index (Phi) is 7.46. The summed E-state index contributed by atoms with van der Waals surface area (Å²) in [6, 6.07) is 59.3. The van der Waals surface area contributed by atoms with Crippen molar-refractivity contribution in [2.75, 3.05) is 0 Å². The topological polar surface area (TPSA) is 75.6 Å². The molecule has 0 radical (unpaired) electrons. The van der Waals surface area contributed by atoms with Crippen LogP contribution in [-0.2, 0) is 0 Å². The van der Waals surface area contributed by atoms with Crippen molar-refractivity contribution in [1.82, 2.24) is 15.0 Å². The van der Waals surface area contributed by atoms with Crippen LogP contribution in [0.4, 0.5) is 0 Å². The summed E-state index contributed by atoms with van der Waals surface area (Å²) >= 11 is 0. The van der Waals surface area contributed by atoms with E-state index >= 15 is 0 Å². The Bertz CT molecular complexity index is 2730. The molecule has 5 nitrogen and oxygen atoms in total. The first-order valence-electron chi connectivity index (χ1n) is 16.7. The zero-order chi connectivity index (χ0) is 34.1. The zero-order valence-corrected chi connectivity index (χ0v) is 27.4. The molecule has 0 saturated carbocycles. The molecule has 5 heteroatoms. The third kappa shape index (κ3) is 5.61. The molecule has 0 aliphatic rings. The minimum absolute atomic E-state index is 0.555. The number of rotatable bonds is 6. The maximum absolute atomic E-state index is 9.22. The van der Waals surface area contributed by atoms with Gasteiger partial charge in [0.05, 0.1) is 11.6 Å². The lowest BCUT2D eigenvalue weighted by Gasteiger charge is -2.12. The molecule has 0 atom stereocenters. The molecular weight excluding hydrogens is 625 g/mol. The van der Waals surface area contributed by atoms with Gasteiger partial charge in [0.15, 0.2) is 17.5 Å². The van der Waals surface area contributed by atoms with Crippen LogP contribution in [0.1, 0.15) is 5.56 Å². The summed E-state index contributed by atoms with van der Waals surface area (Å²) < 4.78 is 6.46. The number of nitrogens with zero attached hydrogens (tertiary/aromatic N) is 4. The van der Waals surface area contributed by atoms with Gasteiger partial charge in [-0.25, -0.2) is 15.0 Å². The van der Waals surface area contributed by atoms with Crippen LogP contribution in [0.2, 0.25) is 0 Å². The van der Waals surface area contributed by atoms with Crippen molar-refractivity contribution in [3.05, 3.63) is 175 Å². The van der Waals surface area contributed by atoms with Gasteiger partial charge in [0, 0.05) is 27.5 Å². The van der Waals surface area contributed by atoms with Gasteiger partial charge in [0.1, 0.15) is 11.2 Å². The molecule has 2 aromatic heterocycles. The van der Waals surface area contributed by atoms with Crippen LogP contribution < -0.4 is 0 Å². The third-order valence-corrected chi connectivity index (χ3v) is 9.22. The molecule has 0 amide bonds. The molecule has 0 fully saturated rings. The van der Waals surface area contributed by atoms with Gasteiger partial charge in [-0.2, -0.15) is 5.26 Å². The van der Waals surface area contributed by atoms with Gasteiger partial charge in [-0.1, -0.05) is 140 Å². The van der Waals surface area contributed by atoms with Gasteiger partial charge >= 0.3 is 0 Å². The van der Waals surface area contributed by atoms with E-state index in [-0.39, 0.29) is 0 Å². The van der Waals surface area contributed by atoms with E-state index in [1.165, 1.54) is 0 Å². The van der Waals surface area contributed by atoms with Crippen molar-refractivity contribution in [2.24, 2.45) is 0 Å². The molecule has 238 valence electrons. The monoisotopic (exact) mass is 652 g/mol. The molecule has 0 saturated heterocycles. The van der Waals surface area contributed by atoms with E-state index in [1.807, 2.05) is 91.0 Å². The van der Waals surface area contributed by atoms with Gasteiger partial charge in [-0.3, -0.25) is 0 Å². The molecule has 0 unspecified atom stereocenters. The fourth-order valence-electron chi connectivity index (χ4n) is 6.67. The fraction of sp³-hybridized carbons (Fsp3) is 0. The highest BCUT2D eigenvalue weighted by atomic mass is 16.3. The lowest BCUT2D eigenvalue weighted by molar-refractivity contribution is 0.669. The highest BCUT2D eigenvalue weighted by Crippen LogP contribution is 2.39. The SMILES string of the molecule is N#Cc1ccc(-c2ccc(-c3nc(-c4ccc5c(c4)oc4cccc(-c6ccccc6)c45)nc(-c4ccccc4-c4ccccc4)n3)cc2)cc1. The van der Waals surface area contributed by atoms with Gasteiger partial charge in [-0.05, 0) is 63.7 Å². The number of benzene rings is 7. The second kappa shape index (κ2) is 12.7. The molecule has 9 rings (SSSR count). The van der Waals surface area contributed by atoms with E-state index in [0.717, 1.165) is 72.0 Å². The Balaban J connectivity index is 1.19. The van der Waals surface area contributed by atoms with Gasteiger partial charge in [0.2, 0.25) is 0 Å². The van der Waals surface area contributed by atoms with Crippen LogP contribution in [0.5, 0.6) is 0 Å². The van der Waals surface area contributed by atoms with Crippen molar-refractivity contribution < 1.29 is 4.42 Å². The number of nitriles is 1. The summed E-state index contributed by atoms with van der Waals surface area (Å²) in [7, 11) is 0. The maximum atomic E-state index is 9.22. The quantitative estimate of drug-likeness (QED) is 0.179. The smallest absolute Gasteiger partial charge is 0.164 e. The molecule has 9 aromatic rings. The first kappa shape index (κ1) is 29.9. The minimum Gasteiger partial charge on any atom is -0.456 e. The van der Waals surface area contributed by atoms with E-state index in [2.05, 4.69) is 84.9 Å². The summed E-state index contributed by atoms with van der Waals surface area (Å²) in [5.74, 6) is 1.71. The molecule has 0 bridgehead atoms. The van der Waals surface area contributed by atoms with Gasteiger partial charge in [0.25, 0.3) is 0 Å². The molecule has 7 aromatic carbocycles. The fourth-order valence-corrected chi connectivity index (χ4v) is 6.67. The van der Waals surface area contributed by atoms with E-state index < -0.39 is 0 Å². The Labute approximate surface area is 294 Å². The Morgan fingerprint density at radius 3 is 1.61 bits per heavy atom. The second-order valence-electron chi connectivity index (χ2n) is 12.3. The van der Waals surface area contributed by atoms with Crippen LogP contribution in [0.15, 0.2) is 174 Å². The molecular formula is C46H28N4O. The summed E-state index contributed by atoms with van der Waals surface area (Å²) in [4.78, 5) is 15.2. The molecule has 0 spiro atoms. The molecule has 2 heterocycles. The lowest BCUT2D eigenvalue weighted by Crippen LogP contribution is -2.01. The molecule has 0 aliphatic heterocycles. The van der Waals surface area contributed by atoms with Crippen LogP contribution in [-0.4, -0.2) is 15.0 Å². The Morgan fingerprint density at radius 2 is 0.922 bits per heavy atom. The van der Waals surface area contributed by atoms with Crippen molar-refractivity contribution in [1.29, 1.82) is 5.26 Å². The van der Waals surface area contributed by atoms with Crippen LogP contribution in [0.3, 0.4) is 0 Å². The lowest BCUT2D eigenvalue weighted by atomic mass is 9.98. The van der Waals surface area contributed by atoms with E-state index in [9.17, 15) is 5.26 Å². The summed E-state index contributed by atoms with van der Waals surface area (Å²) in [5.41, 5.74) is 11.3. The Hall–Kier alpha value is -7.16. The first-order valence-corrected chi connectivity index (χ1v) is 16.7. The zero-order valence-electron chi connectivity index (χ0n) is 27.4. The number of hydrogen-bond donors (Lipinski definition) is 0. The standard InChI is InChI=1S/C46H28N4O/c47-29-30-18-20-31(21-19-30)32-22-24-35(25-23-32)44-48-45(50-46(49-44)39-15-8-7-14-37(39)33-10-3-1-4-11-33)36-26-27-40-42(28-36)51-41-17-9-16-38(43(40)41)34-12-5-2-6-13-34/h1-28H. The average molecular weight is 653 g/mol. The van der Waals surface area contributed by atoms with Crippen LogP contribution >= 0.6 is 0 Å². The average Bonchev–Trinajstić information content (AvgIpc) is 3.60. The second-order valence-corrected chi connectivity index (χ2v) is 12.3. The summed E-state index contributed by atoms with van der Waals surface area (Å²) in [6.45, 7) is 0. The molecule has 51 heavy (non-hydrogen) atoms. The van der Waals surface area contributed by atoms with E-state index in [4.69, 9.17) is 19.4 Å². The molecule has 0 N–H and O–H groups in total. The highest BCUT2D eigenvalue weighted by molar-refractivity contribution is 6.13. The maximum Gasteiger partial charge on any atom is 0.164 e. The number of fused-ring (bicyclic) bond motifs is 3. The summed E-state index contributed by atoms with van der Waals surface area (Å²) in [6.07, 6.45) is 0. The Morgan fingerprint density at radius 1 is 0.392 bits per heavy atom. The van der Waals surface area contributed by atoms with E-state index in [1.54, 1.807) is 0 Å². The first-order chi connectivity index (χ1) is 25.2. The van der Waals surface area contributed by atoms with E-state index in [0.29, 0.717) is 23.0 Å². The van der Waals surface area contributed by atoms with Crippen LogP contribution in [0.25, 0.3) is 89.5 Å². The normalized spacial score (nSPS) is 11.1. The minimum atomic E-state index is 0.555. The molecule has 0 aliphatic carbocycles. The van der Waals surface area contributed by atoms with Gasteiger partial charge in [-0.15, -0.1) is 0 Å². The highest BCUT2D eigenvalue weighted by Gasteiger charge is 2.18. The largest absolute Gasteiger partial charge is 0.456 e. The predicted octanol–water partition coefficient (Wildman–Crippen LogP) is 11.6. The number of hydrogen-bond acceptors (Lipinski definition) is 5. The number of furan rings is 1. The summed E-state index contributed by atoms with van der Waals surface area (Å²) in [5, 5.41) is 11.3. The van der Waals surface area contributed by atoms with Crippen molar-refractivity contribution in [3.63, 3.8) is 0 Å². The predicted molar refractivity (Wildman–Crippen MR) is 204 cm³/mol. The van der Waals surface area contributed by atoms with Crippen LogP contribution in [0, 0.1) is 11.3 Å². The van der Waals surface area contributed by atoms with Gasteiger partial charge < -0.3 is 4.42 Å².